The van der Waals surface area contributed by atoms with Crippen LogP contribution in [0.5, 0.6) is 0 Å². The Morgan fingerprint density at radius 2 is 2.18 bits per heavy atom. The summed E-state index contributed by atoms with van der Waals surface area (Å²) in [7, 11) is 0. The summed E-state index contributed by atoms with van der Waals surface area (Å²) >= 11 is 0. The normalized spacial score (nSPS) is 33.4. The van der Waals surface area contributed by atoms with E-state index in [1.165, 1.54) is 25.9 Å². The van der Waals surface area contributed by atoms with Crippen LogP contribution in [0.3, 0.4) is 0 Å². The van der Waals surface area contributed by atoms with Crippen LogP contribution in [0.1, 0.15) is 32.6 Å². The maximum atomic E-state index is 11.8. The van der Waals surface area contributed by atoms with E-state index in [9.17, 15) is 4.79 Å². The number of piperidine rings is 3. The average molecular weight is 239 g/mol. The van der Waals surface area contributed by atoms with Crippen molar-refractivity contribution in [1.29, 1.82) is 0 Å². The Balaban J connectivity index is 1.71. The van der Waals surface area contributed by atoms with Crippen molar-refractivity contribution in [2.45, 2.75) is 38.6 Å². The second-order valence-electron chi connectivity index (χ2n) is 5.69. The first-order chi connectivity index (χ1) is 8.19. The maximum absolute atomic E-state index is 11.8. The van der Waals surface area contributed by atoms with Crippen molar-refractivity contribution >= 4 is 5.91 Å². The lowest BCUT2D eigenvalue weighted by molar-refractivity contribution is -0.123. The summed E-state index contributed by atoms with van der Waals surface area (Å²) < 4.78 is 0. The topological polar surface area (TPSA) is 58.4 Å². The van der Waals surface area contributed by atoms with Gasteiger partial charge in [-0.05, 0) is 50.7 Å². The summed E-state index contributed by atoms with van der Waals surface area (Å²) in [5, 5.41) is 3.21. The van der Waals surface area contributed by atoms with Gasteiger partial charge < -0.3 is 16.0 Å². The molecule has 0 spiro atoms. The third kappa shape index (κ3) is 3.42. The summed E-state index contributed by atoms with van der Waals surface area (Å²) in [4.78, 5) is 14.3. The van der Waals surface area contributed by atoms with Gasteiger partial charge in [-0.15, -0.1) is 0 Å². The Morgan fingerprint density at radius 3 is 2.71 bits per heavy atom. The minimum atomic E-state index is 0.212. The molecule has 1 amide bonds. The second-order valence-corrected chi connectivity index (χ2v) is 5.69. The summed E-state index contributed by atoms with van der Waals surface area (Å²) in [6, 6.07) is 0.401. The van der Waals surface area contributed by atoms with Gasteiger partial charge in [-0.3, -0.25) is 4.79 Å². The Kier molecular flexibility index (Phi) is 4.40. The fraction of sp³-hybridized carbons (Fsp3) is 0.923. The Morgan fingerprint density at radius 1 is 1.47 bits per heavy atom. The molecule has 3 aliphatic rings. The molecule has 0 radical (unpaired) electrons. The molecule has 4 heteroatoms. The van der Waals surface area contributed by atoms with E-state index in [0.29, 0.717) is 24.9 Å². The molecular weight excluding hydrogens is 214 g/mol. The molecular formula is C13H25N3O. The molecule has 0 aromatic carbocycles. The quantitative estimate of drug-likeness (QED) is 0.737. The fourth-order valence-electron chi connectivity index (χ4n) is 2.90. The van der Waals surface area contributed by atoms with Gasteiger partial charge in [0.05, 0.1) is 0 Å². The first kappa shape index (κ1) is 12.8. The van der Waals surface area contributed by atoms with Gasteiger partial charge in [-0.25, -0.2) is 0 Å². The van der Waals surface area contributed by atoms with Crippen molar-refractivity contribution in [3.8, 4) is 0 Å². The van der Waals surface area contributed by atoms with E-state index in [2.05, 4.69) is 17.1 Å². The highest BCUT2D eigenvalue weighted by atomic mass is 16.1. The zero-order valence-electron chi connectivity index (χ0n) is 10.8. The Hall–Kier alpha value is -0.610. The molecule has 0 aromatic heterocycles. The van der Waals surface area contributed by atoms with Gasteiger partial charge in [0, 0.05) is 19.0 Å². The van der Waals surface area contributed by atoms with E-state index < -0.39 is 0 Å². The van der Waals surface area contributed by atoms with E-state index >= 15 is 0 Å². The van der Waals surface area contributed by atoms with Gasteiger partial charge in [-0.1, -0.05) is 6.92 Å². The van der Waals surface area contributed by atoms with Gasteiger partial charge in [0.2, 0.25) is 5.91 Å². The number of nitrogens with zero attached hydrogens (tertiary/aromatic N) is 1. The minimum Gasteiger partial charge on any atom is -0.352 e. The van der Waals surface area contributed by atoms with Gasteiger partial charge in [0.1, 0.15) is 0 Å². The van der Waals surface area contributed by atoms with Gasteiger partial charge in [-0.2, -0.15) is 0 Å². The van der Waals surface area contributed by atoms with Crippen LogP contribution in [0.4, 0.5) is 0 Å². The number of hydrogen-bond donors (Lipinski definition) is 2. The molecule has 0 aliphatic carbocycles. The van der Waals surface area contributed by atoms with E-state index in [4.69, 9.17) is 5.73 Å². The van der Waals surface area contributed by atoms with Gasteiger partial charge in [0.25, 0.3) is 0 Å². The lowest BCUT2D eigenvalue weighted by atomic mass is 9.84. The van der Waals surface area contributed by atoms with Gasteiger partial charge in [0.15, 0.2) is 0 Å². The number of rotatable bonds is 5. The van der Waals surface area contributed by atoms with E-state index in [-0.39, 0.29) is 5.91 Å². The molecule has 0 aromatic rings. The number of carbonyl (C=O) groups excluding carboxylic acids is 1. The summed E-state index contributed by atoms with van der Waals surface area (Å²) in [5.74, 6) is 1.38. The lowest BCUT2D eigenvalue weighted by Crippen LogP contribution is -2.57. The molecule has 3 N–H and O–H groups in total. The third-order valence-electron chi connectivity index (χ3n) is 4.27. The fourth-order valence-corrected chi connectivity index (χ4v) is 2.90. The molecule has 3 aliphatic heterocycles. The molecule has 98 valence electrons. The van der Waals surface area contributed by atoms with Crippen LogP contribution < -0.4 is 11.1 Å². The highest BCUT2D eigenvalue weighted by Gasteiger charge is 2.34. The molecule has 4 nitrogen and oxygen atoms in total. The predicted octanol–water partition coefficient (Wildman–Crippen LogP) is 0.572. The highest BCUT2D eigenvalue weighted by molar-refractivity contribution is 5.76. The van der Waals surface area contributed by atoms with Crippen molar-refractivity contribution in [2.24, 2.45) is 17.6 Å². The number of amides is 1. The number of nitrogens with two attached hydrogens (primary N) is 1. The molecule has 3 saturated heterocycles. The highest BCUT2D eigenvalue weighted by Crippen LogP contribution is 2.27. The summed E-state index contributed by atoms with van der Waals surface area (Å²) in [5.41, 5.74) is 5.55. The smallest absolute Gasteiger partial charge is 0.220 e. The van der Waals surface area contributed by atoms with Crippen molar-refractivity contribution in [1.82, 2.24) is 10.2 Å². The average Bonchev–Trinajstić information content (AvgIpc) is 2.37. The number of fused-ring (bicyclic) bond motifs is 3. The van der Waals surface area contributed by atoms with Crippen molar-refractivity contribution in [2.75, 3.05) is 26.2 Å². The van der Waals surface area contributed by atoms with Crippen LogP contribution in [0, 0.1) is 11.8 Å². The molecule has 3 heterocycles. The summed E-state index contributed by atoms with van der Waals surface area (Å²) in [6.07, 6.45) is 4.04. The molecule has 3 fully saturated rings. The van der Waals surface area contributed by atoms with Crippen LogP contribution in [0.25, 0.3) is 0 Å². The first-order valence-electron chi connectivity index (χ1n) is 6.91. The molecule has 17 heavy (non-hydrogen) atoms. The molecule has 2 bridgehead atoms. The van der Waals surface area contributed by atoms with Crippen LogP contribution in [-0.2, 0) is 4.79 Å². The predicted molar refractivity (Wildman–Crippen MR) is 68.5 cm³/mol. The monoisotopic (exact) mass is 239 g/mol. The SMILES string of the molecule is CC(CN)CCC(=O)NC1CN2CCC1CC2. The van der Waals surface area contributed by atoms with E-state index in [1.54, 1.807) is 0 Å². The van der Waals surface area contributed by atoms with Gasteiger partial charge >= 0.3 is 0 Å². The Labute approximate surface area is 104 Å². The van der Waals surface area contributed by atoms with Crippen LogP contribution >= 0.6 is 0 Å². The van der Waals surface area contributed by atoms with Crippen molar-refractivity contribution in [3.63, 3.8) is 0 Å². The van der Waals surface area contributed by atoms with Crippen LogP contribution in [-0.4, -0.2) is 43.0 Å². The maximum Gasteiger partial charge on any atom is 0.220 e. The van der Waals surface area contributed by atoms with E-state index in [0.717, 1.165) is 18.9 Å². The summed E-state index contributed by atoms with van der Waals surface area (Å²) in [6.45, 7) is 6.28. The zero-order valence-corrected chi connectivity index (χ0v) is 10.8. The second kappa shape index (κ2) is 5.83. The van der Waals surface area contributed by atoms with Crippen molar-refractivity contribution < 1.29 is 4.79 Å². The standard InChI is InChI=1S/C13H25N3O/c1-10(8-14)2-3-13(17)15-12-9-16-6-4-11(12)5-7-16/h10-12H,2-9,14H2,1H3,(H,15,17). The Bertz CT molecular complexity index is 261. The number of nitrogens with one attached hydrogen (secondary N) is 1. The van der Waals surface area contributed by atoms with Crippen LogP contribution in [0.15, 0.2) is 0 Å². The third-order valence-corrected chi connectivity index (χ3v) is 4.27. The van der Waals surface area contributed by atoms with E-state index in [1.807, 2.05) is 0 Å². The minimum absolute atomic E-state index is 0.212. The molecule has 2 atom stereocenters. The largest absolute Gasteiger partial charge is 0.352 e. The lowest BCUT2D eigenvalue weighted by Gasteiger charge is -2.45. The molecule has 0 saturated carbocycles. The molecule has 3 rings (SSSR count). The number of hydrogen-bond acceptors (Lipinski definition) is 3. The number of carbonyl (C=O) groups is 1. The van der Waals surface area contributed by atoms with Crippen molar-refractivity contribution in [3.05, 3.63) is 0 Å². The van der Waals surface area contributed by atoms with Crippen LogP contribution in [0.2, 0.25) is 0 Å². The first-order valence-corrected chi connectivity index (χ1v) is 6.91. The molecule has 2 unspecified atom stereocenters. The zero-order chi connectivity index (χ0) is 12.3.